The number of ether oxygens (including phenoxy) is 2. The predicted octanol–water partition coefficient (Wildman–Crippen LogP) is 2.56. The quantitative estimate of drug-likeness (QED) is 0.481. The van der Waals surface area contributed by atoms with Gasteiger partial charge in [-0.15, -0.1) is 0 Å². The molecule has 1 N–H and O–H groups in total. The largest absolute Gasteiger partial charge is 0.497 e. The van der Waals surface area contributed by atoms with Crippen molar-refractivity contribution >= 4 is 34.4 Å². The zero-order chi connectivity index (χ0) is 20.1. The Bertz CT molecular complexity index is 1070. The van der Waals surface area contributed by atoms with Crippen molar-refractivity contribution in [1.29, 1.82) is 0 Å². The van der Waals surface area contributed by atoms with Gasteiger partial charge in [-0.05, 0) is 31.2 Å². The van der Waals surface area contributed by atoms with Gasteiger partial charge in [-0.2, -0.15) is 0 Å². The molecule has 0 radical (unpaired) electrons. The van der Waals surface area contributed by atoms with Gasteiger partial charge in [0.05, 0.1) is 31.0 Å². The number of anilines is 1. The molecule has 0 spiro atoms. The van der Waals surface area contributed by atoms with Crippen LogP contribution in [0.25, 0.3) is 11.0 Å². The van der Waals surface area contributed by atoms with E-state index >= 15 is 0 Å². The number of nitrogens with one attached hydrogen (secondary N) is 1. The molecule has 146 valence electrons. The summed E-state index contributed by atoms with van der Waals surface area (Å²) in [6.45, 7) is 2.31. The molecule has 0 bridgehead atoms. The molecule has 3 rings (SSSR count). The summed E-state index contributed by atoms with van der Waals surface area (Å²) in [6.07, 6.45) is 1.58. The number of amides is 1. The first-order valence-electron chi connectivity index (χ1n) is 8.57. The third kappa shape index (κ3) is 4.09. The Balaban J connectivity index is 1.79. The van der Waals surface area contributed by atoms with Crippen LogP contribution in [0.4, 0.5) is 5.69 Å². The van der Waals surface area contributed by atoms with Crippen molar-refractivity contribution in [1.82, 2.24) is 14.5 Å². The van der Waals surface area contributed by atoms with Gasteiger partial charge in [-0.3, -0.25) is 14.2 Å². The van der Waals surface area contributed by atoms with Crippen LogP contribution in [0, 0.1) is 0 Å². The van der Waals surface area contributed by atoms with E-state index in [1.165, 1.54) is 23.4 Å². The number of benzene rings is 1. The van der Waals surface area contributed by atoms with Crippen LogP contribution in [0.2, 0.25) is 0 Å². The molecule has 1 amide bonds. The average Bonchev–Trinajstić information content (AvgIpc) is 2.72. The number of hydrogen-bond donors (Lipinski definition) is 1. The first-order valence-corrected chi connectivity index (χ1v) is 9.56. The van der Waals surface area contributed by atoms with E-state index < -0.39 is 0 Å². The standard InChI is InChI=1S/C19H20N4O4S/c1-4-23-18(25)13-6-5-9-20-17(13)22-19(23)28-11-16(24)21-14-10-12(26-2)7-8-15(14)27-3/h5-10H,4,11H2,1-3H3,(H,21,24). The van der Waals surface area contributed by atoms with Gasteiger partial charge >= 0.3 is 0 Å². The van der Waals surface area contributed by atoms with Crippen LogP contribution < -0.4 is 20.3 Å². The molecule has 0 aliphatic heterocycles. The maximum Gasteiger partial charge on any atom is 0.263 e. The third-order valence-corrected chi connectivity index (χ3v) is 5.00. The van der Waals surface area contributed by atoms with Crippen LogP contribution in [0.15, 0.2) is 46.5 Å². The SMILES string of the molecule is CCn1c(SCC(=O)Nc2cc(OC)ccc2OC)nc2ncccc2c1=O. The molecule has 3 aromatic rings. The van der Waals surface area contributed by atoms with Crippen LogP contribution >= 0.6 is 11.8 Å². The Hall–Kier alpha value is -3.07. The monoisotopic (exact) mass is 400 g/mol. The number of carbonyl (C=O) groups excluding carboxylic acids is 1. The average molecular weight is 400 g/mol. The summed E-state index contributed by atoms with van der Waals surface area (Å²) in [6, 6.07) is 8.54. The number of pyridine rings is 1. The lowest BCUT2D eigenvalue weighted by Crippen LogP contribution is -2.23. The second kappa shape index (κ2) is 8.75. The van der Waals surface area contributed by atoms with Crippen LogP contribution in [-0.4, -0.2) is 40.4 Å². The van der Waals surface area contributed by atoms with Gasteiger partial charge in [-0.25, -0.2) is 9.97 Å². The summed E-state index contributed by atoms with van der Waals surface area (Å²) in [7, 11) is 3.07. The Morgan fingerprint density at radius 3 is 2.79 bits per heavy atom. The van der Waals surface area contributed by atoms with E-state index in [9.17, 15) is 9.59 Å². The maximum atomic E-state index is 12.6. The first kappa shape index (κ1) is 19.7. The lowest BCUT2D eigenvalue weighted by molar-refractivity contribution is -0.113. The predicted molar refractivity (Wildman–Crippen MR) is 108 cm³/mol. The minimum Gasteiger partial charge on any atom is -0.497 e. The second-order valence-corrected chi connectivity index (χ2v) is 6.66. The summed E-state index contributed by atoms with van der Waals surface area (Å²) in [4.78, 5) is 33.6. The van der Waals surface area contributed by atoms with Gasteiger partial charge in [0, 0.05) is 18.8 Å². The van der Waals surface area contributed by atoms with Gasteiger partial charge in [0.2, 0.25) is 5.91 Å². The molecule has 0 aliphatic carbocycles. The lowest BCUT2D eigenvalue weighted by atomic mass is 10.2. The molecular formula is C19H20N4O4S. The van der Waals surface area contributed by atoms with Crippen LogP contribution in [0.5, 0.6) is 11.5 Å². The van der Waals surface area contributed by atoms with Gasteiger partial charge in [0.1, 0.15) is 11.5 Å². The lowest BCUT2D eigenvalue weighted by Gasteiger charge is -2.13. The van der Waals surface area contributed by atoms with E-state index in [0.29, 0.717) is 39.9 Å². The number of hydrogen-bond acceptors (Lipinski definition) is 7. The minimum absolute atomic E-state index is 0.0745. The van der Waals surface area contributed by atoms with Gasteiger partial charge in [0.15, 0.2) is 10.8 Å². The molecule has 0 saturated carbocycles. The number of aromatic nitrogens is 3. The van der Waals surface area contributed by atoms with E-state index in [4.69, 9.17) is 9.47 Å². The maximum absolute atomic E-state index is 12.6. The highest BCUT2D eigenvalue weighted by Gasteiger charge is 2.14. The van der Waals surface area contributed by atoms with Crippen molar-refractivity contribution in [3.05, 3.63) is 46.9 Å². The number of carbonyl (C=O) groups is 1. The summed E-state index contributed by atoms with van der Waals surface area (Å²) in [5.41, 5.74) is 0.709. The number of fused-ring (bicyclic) bond motifs is 1. The van der Waals surface area contributed by atoms with E-state index in [1.54, 1.807) is 43.6 Å². The molecule has 2 heterocycles. The van der Waals surface area contributed by atoms with E-state index in [0.717, 1.165) is 0 Å². The normalized spacial score (nSPS) is 10.7. The number of nitrogens with zero attached hydrogens (tertiary/aromatic N) is 3. The highest BCUT2D eigenvalue weighted by Crippen LogP contribution is 2.29. The zero-order valence-electron chi connectivity index (χ0n) is 15.8. The van der Waals surface area contributed by atoms with Crippen molar-refractivity contribution < 1.29 is 14.3 Å². The molecule has 0 fully saturated rings. The van der Waals surface area contributed by atoms with Crippen LogP contribution in [0.3, 0.4) is 0 Å². The van der Waals surface area contributed by atoms with Crippen molar-refractivity contribution in [2.75, 3.05) is 25.3 Å². The Morgan fingerprint density at radius 2 is 2.07 bits per heavy atom. The van der Waals surface area contributed by atoms with Gasteiger partial charge in [0.25, 0.3) is 5.56 Å². The Morgan fingerprint density at radius 1 is 1.25 bits per heavy atom. The highest BCUT2D eigenvalue weighted by atomic mass is 32.2. The summed E-state index contributed by atoms with van der Waals surface area (Å²) in [5.74, 6) is 0.948. The second-order valence-electron chi connectivity index (χ2n) is 5.72. The molecule has 0 aliphatic rings. The summed E-state index contributed by atoms with van der Waals surface area (Å²) >= 11 is 1.18. The molecular weight excluding hydrogens is 380 g/mol. The van der Waals surface area contributed by atoms with E-state index in [1.807, 2.05) is 6.92 Å². The van der Waals surface area contributed by atoms with Gasteiger partial charge < -0.3 is 14.8 Å². The van der Waals surface area contributed by atoms with E-state index in [-0.39, 0.29) is 17.2 Å². The van der Waals surface area contributed by atoms with Gasteiger partial charge in [-0.1, -0.05) is 11.8 Å². The molecule has 0 saturated heterocycles. The molecule has 0 unspecified atom stereocenters. The van der Waals surface area contributed by atoms with Crippen LogP contribution in [-0.2, 0) is 11.3 Å². The fourth-order valence-corrected chi connectivity index (χ4v) is 3.50. The molecule has 28 heavy (non-hydrogen) atoms. The number of rotatable bonds is 7. The summed E-state index contributed by atoms with van der Waals surface area (Å²) < 4.78 is 12.0. The molecule has 0 atom stereocenters. The van der Waals surface area contributed by atoms with Crippen molar-refractivity contribution in [2.24, 2.45) is 0 Å². The van der Waals surface area contributed by atoms with Crippen molar-refractivity contribution in [3.8, 4) is 11.5 Å². The fraction of sp³-hybridized carbons (Fsp3) is 0.263. The zero-order valence-corrected chi connectivity index (χ0v) is 16.6. The highest BCUT2D eigenvalue weighted by molar-refractivity contribution is 7.99. The summed E-state index contributed by atoms with van der Waals surface area (Å²) in [5, 5.41) is 3.71. The topological polar surface area (TPSA) is 95.3 Å². The van der Waals surface area contributed by atoms with E-state index in [2.05, 4.69) is 15.3 Å². The minimum atomic E-state index is -0.255. The Labute approximate surface area is 165 Å². The first-order chi connectivity index (χ1) is 13.6. The van der Waals surface area contributed by atoms with Crippen LogP contribution in [0.1, 0.15) is 6.92 Å². The smallest absolute Gasteiger partial charge is 0.263 e. The molecule has 9 heteroatoms. The van der Waals surface area contributed by atoms with Crippen molar-refractivity contribution in [3.63, 3.8) is 0 Å². The molecule has 1 aromatic carbocycles. The fourth-order valence-electron chi connectivity index (χ4n) is 2.65. The number of methoxy groups -OCH3 is 2. The molecule has 2 aromatic heterocycles. The van der Waals surface area contributed by atoms with Crippen molar-refractivity contribution in [2.45, 2.75) is 18.6 Å². The Kier molecular flexibility index (Phi) is 6.15. The third-order valence-electron chi connectivity index (χ3n) is 4.02. The number of thioether (sulfide) groups is 1. The molecule has 8 nitrogen and oxygen atoms in total.